The number of nitrogens with zero attached hydrogens (tertiary/aromatic N) is 5. The lowest BCUT2D eigenvalue weighted by atomic mass is 10.1. The van der Waals surface area contributed by atoms with E-state index in [0.29, 0.717) is 24.6 Å². The summed E-state index contributed by atoms with van der Waals surface area (Å²) in [6.45, 7) is 4.85. The summed E-state index contributed by atoms with van der Waals surface area (Å²) in [4.78, 5) is 11.4. The molecule has 3 aromatic heterocycles. The van der Waals surface area contributed by atoms with Crippen LogP contribution in [0.4, 0.5) is 19.0 Å². The summed E-state index contributed by atoms with van der Waals surface area (Å²) in [7, 11) is 0. The minimum atomic E-state index is -4.38. The Balaban J connectivity index is 1.42. The average Bonchev–Trinajstić information content (AvgIpc) is 3.36. The van der Waals surface area contributed by atoms with Crippen molar-refractivity contribution in [2.75, 3.05) is 24.5 Å². The van der Waals surface area contributed by atoms with E-state index in [1.807, 2.05) is 17.9 Å². The van der Waals surface area contributed by atoms with E-state index in [1.54, 1.807) is 12.3 Å². The van der Waals surface area contributed by atoms with Crippen molar-refractivity contribution >= 4 is 5.82 Å². The van der Waals surface area contributed by atoms with E-state index < -0.39 is 11.7 Å². The second-order valence-corrected chi connectivity index (χ2v) is 7.35. The Morgan fingerprint density at radius 2 is 2.03 bits per heavy atom. The summed E-state index contributed by atoms with van der Waals surface area (Å²) in [5, 5.41) is 16.1. The van der Waals surface area contributed by atoms with Gasteiger partial charge in [0.2, 0.25) is 0 Å². The van der Waals surface area contributed by atoms with Gasteiger partial charge >= 0.3 is 6.18 Å². The van der Waals surface area contributed by atoms with Crippen LogP contribution in [0.25, 0.3) is 11.4 Å². The number of nitrogens with one attached hydrogen (secondary N) is 2. The summed E-state index contributed by atoms with van der Waals surface area (Å²) < 4.78 is 38.3. The van der Waals surface area contributed by atoms with Gasteiger partial charge in [0.05, 0.1) is 23.1 Å². The van der Waals surface area contributed by atoms with Crippen LogP contribution in [0.2, 0.25) is 0 Å². The quantitative estimate of drug-likeness (QED) is 0.682. The smallest absolute Gasteiger partial charge is 0.351 e. The maximum Gasteiger partial charge on any atom is 0.417 e. The van der Waals surface area contributed by atoms with Gasteiger partial charge in [0.15, 0.2) is 0 Å². The van der Waals surface area contributed by atoms with Gasteiger partial charge in [0, 0.05) is 44.0 Å². The van der Waals surface area contributed by atoms with E-state index in [0.717, 1.165) is 42.3 Å². The first-order valence-electron chi connectivity index (χ1n) is 9.49. The molecular formula is C20H20F3N7. The number of pyridine rings is 1. The Labute approximate surface area is 171 Å². The molecule has 1 unspecified atom stereocenters. The van der Waals surface area contributed by atoms with Crippen LogP contribution in [0.3, 0.4) is 0 Å². The van der Waals surface area contributed by atoms with Gasteiger partial charge < -0.3 is 9.88 Å². The molecule has 0 amide bonds. The Morgan fingerprint density at radius 3 is 2.67 bits per heavy atom. The number of hydrogen-bond acceptors (Lipinski definition) is 5. The minimum Gasteiger partial charge on any atom is -0.351 e. The molecule has 0 bridgehead atoms. The van der Waals surface area contributed by atoms with E-state index in [1.165, 1.54) is 6.07 Å². The molecule has 0 spiro atoms. The number of alkyl halides is 3. The fourth-order valence-electron chi connectivity index (χ4n) is 3.75. The molecule has 0 aliphatic carbocycles. The zero-order valence-corrected chi connectivity index (χ0v) is 16.2. The number of rotatable bonds is 4. The standard InChI is InChI=1S/C20H20F3N7/c1-13-11-29(6-7-30(13)18-5-2-15(10-25-18)20(21,22)23)12-14-9-26-28-19(14)17-4-3-16(8-24)27-17/h2-5,9-10,13,27H,6-7,11-12H2,1H3,(H,26,28). The molecule has 0 saturated carbocycles. The molecule has 1 aliphatic rings. The molecule has 1 atom stereocenters. The number of nitriles is 1. The van der Waals surface area contributed by atoms with Crippen molar-refractivity contribution < 1.29 is 13.2 Å². The zero-order valence-electron chi connectivity index (χ0n) is 16.2. The Kier molecular flexibility index (Phi) is 5.22. The monoisotopic (exact) mass is 415 g/mol. The van der Waals surface area contributed by atoms with E-state index in [2.05, 4.69) is 31.1 Å². The van der Waals surface area contributed by atoms with Gasteiger partial charge in [-0.2, -0.15) is 23.5 Å². The number of hydrogen-bond donors (Lipinski definition) is 2. The molecule has 1 aliphatic heterocycles. The first-order valence-corrected chi connectivity index (χ1v) is 9.49. The largest absolute Gasteiger partial charge is 0.417 e. The van der Waals surface area contributed by atoms with Crippen LogP contribution < -0.4 is 4.90 Å². The van der Waals surface area contributed by atoms with Crippen LogP contribution in [-0.2, 0) is 12.7 Å². The van der Waals surface area contributed by atoms with Gasteiger partial charge in [-0.1, -0.05) is 0 Å². The zero-order chi connectivity index (χ0) is 21.3. The summed E-state index contributed by atoms with van der Waals surface area (Å²) in [5.41, 5.74) is 2.40. The third kappa shape index (κ3) is 4.02. The highest BCUT2D eigenvalue weighted by Crippen LogP contribution is 2.30. The van der Waals surface area contributed by atoms with E-state index in [4.69, 9.17) is 5.26 Å². The van der Waals surface area contributed by atoms with Gasteiger partial charge in [-0.25, -0.2) is 4.98 Å². The van der Waals surface area contributed by atoms with Crippen LogP contribution in [-0.4, -0.2) is 50.7 Å². The topological polar surface area (TPSA) is 87.6 Å². The molecule has 1 fully saturated rings. The molecule has 7 nitrogen and oxygen atoms in total. The summed E-state index contributed by atoms with van der Waals surface area (Å²) >= 11 is 0. The van der Waals surface area contributed by atoms with Crippen molar-refractivity contribution in [3.63, 3.8) is 0 Å². The number of H-pyrrole nitrogens is 2. The lowest BCUT2D eigenvalue weighted by Crippen LogP contribution is -2.51. The van der Waals surface area contributed by atoms with Gasteiger partial charge in [-0.05, 0) is 31.2 Å². The molecule has 0 aromatic carbocycles. The number of aromatic nitrogens is 4. The Hall–Kier alpha value is -3.32. The molecule has 4 rings (SSSR count). The van der Waals surface area contributed by atoms with Crippen molar-refractivity contribution in [3.05, 3.63) is 53.5 Å². The molecule has 3 aromatic rings. The van der Waals surface area contributed by atoms with Crippen molar-refractivity contribution in [1.82, 2.24) is 25.1 Å². The van der Waals surface area contributed by atoms with Gasteiger partial charge in [-0.3, -0.25) is 10.00 Å². The highest BCUT2D eigenvalue weighted by Gasteiger charge is 2.31. The molecule has 4 heterocycles. The van der Waals surface area contributed by atoms with Gasteiger partial charge in [0.1, 0.15) is 17.6 Å². The first-order chi connectivity index (χ1) is 14.3. The fraction of sp³-hybridized carbons (Fsp3) is 0.350. The van der Waals surface area contributed by atoms with Crippen molar-refractivity contribution in [2.45, 2.75) is 25.7 Å². The molecule has 0 radical (unpaired) electrons. The molecular weight excluding hydrogens is 395 g/mol. The summed E-state index contributed by atoms with van der Waals surface area (Å²) in [6, 6.07) is 8.23. The maximum atomic E-state index is 12.8. The van der Waals surface area contributed by atoms with Crippen LogP contribution in [0.1, 0.15) is 23.7 Å². The molecule has 10 heteroatoms. The fourth-order valence-corrected chi connectivity index (χ4v) is 3.75. The predicted octanol–water partition coefficient (Wildman–Crippen LogP) is 3.40. The van der Waals surface area contributed by atoms with Crippen molar-refractivity contribution in [3.8, 4) is 17.5 Å². The normalized spacial score (nSPS) is 17.8. The molecule has 156 valence electrons. The van der Waals surface area contributed by atoms with E-state index >= 15 is 0 Å². The number of aromatic amines is 2. The van der Waals surface area contributed by atoms with Crippen LogP contribution in [0, 0.1) is 11.3 Å². The van der Waals surface area contributed by atoms with E-state index in [-0.39, 0.29) is 6.04 Å². The van der Waals surface area contributed by atoms with Crippen molar-refractivity contribution in [2.24, 2.45) is 0 Å². The lowest BCUT2D eigenvalue weighted by Gasteiger charge is -2.40. The molecule has 2 N–H and O–H groups in total. The van der Waals surface area contributed by atoms with Gasteiger partial charge in [-0.15, -0.1) is 0 Å². The highest BCUT2D eigenvalue weighted by molar-refractivity contribution is 5.60. The van der Waals surface area contributed by atoms with Crippen LogP contribution in [0.5, 0.6) is 0 Å². The van der Waals surface area contributed by atoms with Gasteiger partial charge in [0.25, 0.3) is 0 Å². The SMILES string of the molecule is CC1CN(Cc2cn[nH]c2-c2ccc(C#N)[nH]2)CCN1c1ccc(C(F)(F)F)cn1. The maximum absolute atomic E-state index is 12.8. The summed E-state index contributed by atoms with van der Waals surface area (Å²) in [5.74, 6) is 0.551. The lowest BCUT2D eigenvalue weighted by molar-refractivity contribution is -0.137. The minimum absolute atomic E-state index is 0.0917. The second kappa shape index (κ2) is 7.84. The summed E-state index contributed by atoms with van der Waals surface area (Å²) in [6.07, 6.45) is -1.72. The third-order valence-corrected chi connectivity index (χ3v) is 5.27. The number of halogens is 3. The molecule has 30 heavy (non-hydrogen) atoms. The molecule has 1 saturated heterocycles. The second-order valence-electron chi connectivity index (χ2n) is 7.35. The van der Waals surface area contributed by atoms with Crippen LogP contribution in [0.15, 0.2) is 36.7 Å². The van der Waals surface area contributed by atoms with Crippen molar-refractivity contribution in [1.29, 1.82) is 5.26 Å². The Morgan fingerprint density at radius 1 is 1.20 bits per heavy atom. The Bertz CT molecular complexity index is 1050. The number of piperazine rings is 1. The highest BCUT2D eigenvalue weighted by atomic mass is 19.4. The first kappa shape index (κ1) is 20.0. The third-order valence-electron chi connectivity index (χ3n) is 5.27. The predicted molar refractivity (Wildman–Crippen MR) is 104 cm³/mol. The number of anilines is 1. The average molecular weight is 415 g/mol. The van der Waals surface area contributed by atoms with E-state index in [9.17, 15) is 13.2 Å². The van der Waals surface area contributed by atoms with Crippen LogP contribution >= 0.6 is 0 Å².